The van der Waals surface area contributed by atoms with Crippen LogP contribution in [0, 0.1) is 0 Å². The summed E-state index contributed by atoms with van der Waals surface area (Å²) in [6.45, 7) is 5.46. The molecule has 2 heterocycles. The van der Waals surface area contributed by atoms with Crippen molar-refractivity contribution in [3.63, 3.8) is 0 Å². The molecule has 144 valence electrons. The largest absolute Gasteiger partial charge is 0.357 e. The molecule has 0 unspecified atom stereocenters. The molecule has 2 aromatic heterocycles. The topological polar surface area (TPSA) is 80.5 Å². The number of hydrogen-bond acceptors (Lipinski definition) is 6. The van der Waals surface area contributed by atoms with E-state index in [0.29, 0.717) is 29.4 Å². The van der Waals surface area contributed by atoms with Crippen molar-refractivity contribution in [1.82, 2.24) is 19.8 Å². The Morgan fingerprint density at radius 2 is 1.79 bits per heavy atom. The Bertz CT molecular complexity index is 1270. The second kappa shape index (κ2) is 7.03. The molecule has 4 aromatic rings. The van der Waals surface area contributed by atoms with Crippen molar-refractivity contribution in [2.45, 2.75) is 23.8 Å². The number of fused-ring (bicyclic) bond motifs is 3. The lowest BCUT2D eigenvalue weighted by molar-refractivity contribution is 0.592. The van der Waals surface area contributed by atoms with Crippen molar-refractivity contribution < 1.29 is 8.42 Å². The molecule has 0 aliphatic carbocycles. The van der Waals surface area contributed by atoms with Gasteiger partial charge in [-0.25, -0.2) is 13.4 Å². The average molecular weight is 416 g/mol. The molecule has 0 aliphatic heterocycles. The van der Waals surface area contributed by atoms with Crippen molar-refractivity contribution in [2.75, 3.05) is 18.0 Å². The van der Waals surface area contributed by atoms with Gasteiger partial charge in [0.2, 0.25) is 14.9 Å². The van der Waals surface area contributed by atoms with E-state index in [9.17, 15) is 8.42 Å². The highest BCUT2D eigenvalue weighted by Gasteiger charge is 2.27. The Morgan fingerprint density at radius 3 is 2.46 bits per heavy atom. The van der Waals surface area contributed by atoms with Gasteiger partial charge in [0.15, 0.2) is 5.65 Å². The van der Waals surface area contributed by atoms with Crippen LogP contribution in [0.15, 0.2) is 58.5 Å². The maximum absolute atomic E-state index is 13.1. The molecule has 0 bridgehead atoms. The third kappa shape index (κ3) is 2.89. The smallest absolute Gasteiger partial charge is 0.229 e. The Morgan fingerprint density at radius 1 is 1.07 bits per heavy atom. The molecule has 0 spiro atoms. The van der Waals surface area contributed by atoms with E-state index in [1.807, 2.05) is 24.8 Å². The molecule has 0 fully saturated rings. The second-order valence-corrected chi connectivity index (χ2v) is 8.52. The van der Waals surface area contributed by atoms with Crippen molar-refractivity contribution in [2.24, 2.45) is 0 Å². The Balaban J connectivity index is 2.07. The summed E-state index contributed by atoms with van der Waals surface area (Å²) in [6.07, 6.45) is 0. The fourth-order valence-electron chi connectivity index (χ4n) is 3.20. The predicted molar refractivity (Wildman–Crippen MR) is 109 cm³/mol. The third-order valence-electron chi connectivity index (χ3n) is 4.63. The second-order valence-electron chi connectivity index (χ2n) is 6.22. The minimum atomic E-state index is -3.86. The number of anilines is 1. The van der Waals surface area contributed by atoms with Gasteiger partial charge in [-0.3, -0.25) is 0 Å². The standard InChI is InChI=1S/C19H18ClN5O2S/c1-3-24(4-2)17-15-12-13(20)10-11-16(15)25-18(21-17)19(22-23-25)28(26,27)14-8-6-5-7-9-14/h5-12H,3-4H2,1-2H3. The molecule has 0 saturated carbocycles. The normalized spacial score (nSPS) is 12.0. The first-order chi connectivity index (χ1) is 13.5. The van der Waals surface area contributed by atoms with Crippen LogP contribution in [0.3, 0.4) is 0 Å². The van der Waals surface area contributed by atoms with Gasteiger partial charge in [-0.2, -0.15) is 4.52 Å². The highest BCUT2D eigenvalue weighted by atomic mass is 35.5. The van der Waals surface area contributed by atoms with Crippen LogP contribution in [-0.4, -0.2) is 41.3 Å². The molecule has 0 N–H and O–H groups in total. The number of benzene rings is 2. The van der Waals surface area contributed by atoms with Crippen LogP contribution >= 0.6 is 11.6 Å². The van der Waals surface area contributed by atoms with E-state index in [4.69, 9.17) is 11.6 Å². The first-order valence-corrected chi connectivity index (χ1v) is 10.7. The fraction of sp³-hybridized carbons (Fsp3) is 0.211. The first-order valence-electron chi connectivity index (χ1n) is 8.87. The van der Waals surface area contributed by atoms with Crippen molar-refractivity contribution in [3.8, 4) is 0 Å². The van der Waals surface area contributed by atoms with Crippen molar-refractivity contribution in [1.29, 1.82) is 0 Å². The fourth-order valence-corrected chi connectivity index (χ4v) is 4.63. The summed E-state index contributed by atoms with van der Waals surface area (Å²) in [4.78, 5) is 6.86. The van der Waals surface area contributed by atoms with Gasteiger partial charge in [0.25, 0.3) is 0 Å². The molecule has 0 amide bonds. The van der Waals surface area contributed by atoms with E-state index in [2.05, 4.69) is 15.3 Å². The minimum Gasteiger partial charge on any atom is -0.357 e. The summed E-state index contributed by atoms with van der Waals surface area (Å²) in [6, 6.07) is 13.5. The molecule has 0 aliphatic rings. The van der Waals surface area contributed by atoms with E-state index in [0.717, 1.165) is 5.39 Å². The van der Waals surface area contributed by atoms with Gasteiger partial charge in [-0.1, -0.05) is 35.0 Å². The zero-order valence-corrected chi connectivity index (χ0v) is 16.9. The predicted octanol–water partition coefficient (Wildman–Crippen LogP) is 3.61. The summed E-state index contributed by atoms with van der Waals surface area (Å²) < 4.78 is 27.7. The van der Waals surface area contributed by atoms with Gasteiger partial charge in [0, 0.05) is 23.5 Å². The molecule has 4 rings (SSSR count). The zero-order valence-electron chi connectivity index (χ0n) is 15.4. The van der Waals surface area contributed by atoms with Crippen LogP contribution in [0.2, 0.25) is 5.02 Å². The van der Waals surface area contributed by atoms with Crippen molar-refractivity contribution >= 4 is 43.8 Å². The Labute approximate surface area is 167 Å². The highest BCUT2D eigenvalue weighted by Crippen LogP contribution is 2.31. The minimum absolute atomic E-state index is 0.153. The molecular formula is C19H18ClN5O2S. The highest BCUT2D eigenvalue weighted by molar-refractivity contribution is 7.91. The summed E-state index contributed by atoms with van der Waals surface area (Å²) in [7, 11) is -3.86. The summed E-state index contributed by atoms with van der Waals surface area (Å²) in [5, 5.41) is 9.26. The lowest BCUT2D eigenvalue weighted by Gasteiger charge is -2.22. The maximum Gasteiger partial charge on any atom is 0.229 e. The summed E-state index contributed by atoms with van der Waals surface area (Å²) in [5.41, 5.74) is 0.888. The molecule has 7 nitrogen and oxygen atoms in total. The van der Waals surface area contributed by atoms with Crippen LogP contribution in [-0.2, 0) is 9.84 Å². The van der Waals surface area contributed by atoms with Gasteiger partial charge in [0.1, 0.15) is 5.82 Å². The van der Waals surface area contributed by atoms with Gasteiger partial charge in [-0.05, 0) is 44.2 Å². The number of aromatic nitrogens is 4. The van der Waals surface area contributed by atoms with Crippen LogP contribution in [0.1, 0.15) is 13.8 Å². The SMILES string of the molecule is CCN(CC)c1nc2c(S(=O)(=O)c3ccccc3)nnn2c2ccc(Cl)cc12. The van der Waals surface area contributed by atoms with Crippen molar-refractivity contribution in [3.05, 3.63) is 53.6 Å². The quantitative estimate of drug-likeness (QED) is 0.495. The van der Waals surface area contributed by atoms with E-state index in [1.165, 1.54) is 16.6 Å². The lowest BCUT2D eigenvalue weighted by Crippen LogP contribution is -2.23. The summed E-state index contributed by atoms with van der Waals surface area (Å²) >= 11 is 6.20. The number of hydrogen-bond donors (Lipinski definition) is 0. The lowest BCUT2D eigenvalue weighted by atomic mass is 10.2. The molecule has 0 saturated heterocycles. The Kier molecular flexibility index (Phi) is 4.68. The molecule has 2 aromatic carbocycles. The molecule has 0 atom stereocenters. The van der Waals surface area contributed by atoms with Crippen LogP contribution in [0.25, 0.3) is 16.6 Å². The number of sulfone groups is 1. The molecular weight excluding hydrogens is 398 g/mol. The molecule has 0 radical (unpaired) electrons. The van der Waals surface area contributed by atoms with Crippen LogP contribution in [0.4, 0.5) is 5.82 Å². The van der Waals surface area contributed by atoms with Gasteiger partial charge in [-0.15, -0.1) is 5.10 Å². The van der Waals surface area contributed by atoms with E-state index >= 15 is 0 Å². The Hall–Kier alpha value is -2.71. The maximum atomic E-state index is 13.1. The van der Waals surface area contributed by atoms with Crippen LogP contribution in [0.5, 0.6) is 0 Å². The van der Waals surface area contributed by atoms with E-state index in [1.54, 1.807) is 30.3 Å². The van der Waals surface area contributed by atoms with Gasteiger partial charge < -0.3 is 4.90 Å². The average Bonchev–Trinajstić information content (AvgIpc) is 3.14. The number of halogens is 1. The van der Waals surface area contributed by atoms with Gasteiger partial charge >= 0.3 is 0 Å². The number of rotatable bonds is 5. The first kappa shape index (κ1) is 18.6. The van der Waals surface area contributed by atoms with Crippen LogP contribution < -0.4 is 4.90 Å². The molecule has 9 heteroatoms. The molecule has 28 heavy (non-hydrogen) atoms. The van der Waals surface area contributed by atoms with Gasteiger partial charge in [0.05, 0.1) is 10.4 Å². The zero-order chi connectivity index (χ0) is 19.9. The monoisotopic (exact) mass is 415 g/mol. The van der Waals surface area contributed by atoms with E-state index in [-0.39, 0.29) is 15.6 Å². The van der Waals surface area contributed by atoms with E-state index < -0.39 is 9.84 Å². The number of nitrogens with zero attached hydrogens (tertiary/aromatic N) is 5. The summed E-state index contributed by atoms with van der Waals surface area (Å²) in [5.74, 6) is 0.654. The third-order valence-corrected chi connectivity index (χ3v) is 6.53.